The van der Waals surface area contributed by atoms with Gasteiger partial charge >= 0.3 is 0 Å². The van der Waals surface area contributed by atoms with Crippen LogP contribution in [0.4, 0.5) is 0 Å². The molecule has 25 heavy (non-hydrogen) atoms. The Balaban J connectivity index is 1.51. The lowest BCUT2D eigenvalue weighted by molar-refractivity contribution is -0.132. The largest absolute Gasteiger partial charge is 0.340 e. The number of carbonyl (C=O) groups excluding carboxylic acids is 1. The standard InChI is InChI=1S/C16H20N4O4S/c1-25(22,23)20-11-9-19(10-12-20)15(21)8-7-14-17-16(18-24-14)13-5-3-2-4-6-13/h2-6H,7-12H2,1H3. The van der Waals surface area contributed by atoms with E-state index in [1.165, 1.54) is 10.6 Å². The number of piperazine rings is 1. The van der Waals surface area contributed by atoms with Crippen molar-refractivity contribution in [1.82, 2.24) is 19.3 Å². The summed E-state index contributed by atoms with van der Waals surface area (Å²) >= 11 is 0. The number of hydrogen-bond acceptors (Lipinski definition) is 6. The molecule has 0 aliphatic carbocycles. The van der Waals surface area contributed by atoms with Crippen molar-refractivity contribution in [1.29, 1.82) is 0 Å². The first-order valence-corrected chi connectivity index (χ1v) is 9.89. The highest BCUT2D eigenvalue weighted by molar-refractivity contribution is 7.88. The monoisotopic (exact) mass is 364 g/mol. The predicted octanol–water partition coefficient (Wildman–Crippen LogP) is 0.773. The van der Waals surface area contributed by atoms with Gasteiger partial charge in [0.2, 0.25) is 27.6 Å². The summed E-state index contributed by atoms with van der Waals surface area (Å²) in [5.41, 5.74) is 0.862. The van der Waals surface area contributed by atoms with E-state index in [1.54, 1.807) is 4.90 Å². The third-order valence-electron chi connectivity index (χ3n) is 4.11. The molecule has 0 atom stereocenters. The molecule has 1 aromatic heterocycles. The smallest absolute Gasteiger partial charge is 0.227 e. The van der Waals surface area contributed by atoms with Crippen molar-refractivity contribution >= 4 is 15.9 Å². The lowest BCUT2D eigenvalue weighted by atomic mass is 10.2. The summed E-state index contributed by atoms with van der Waals surface area (Å²) < 4.78 is 29.6. The number of sulfonamides is 1. The third-order valence-corrected chi connectivity index (χ3v) is 5.42. The minimum Gasteiger partial charge on any atom is -0.340 e. The molecule has 9 heteroatoms. The number of nitrogens with zero attached hydrogens (tertiary/aromatic N) is 4. The lowest BCUT2D eigenvalue weighted by Crippen LogP contribution is -2.50. The second kappa shape index (κ2) is 7.32. The van der Waals surface area contributed by atoms with Crippen LogP contribution in [0.1, 0.15) is 12.3 Å². The highest BCUT2D eigenvalue weighted by Crippen LogP contribution is 2.16. The molecular weight excluding hydrogens is 344 g/mol. The highest BCUT2D eigenvalue weighted by Gasteiger charge is 2.26. The van der Waals surface area contributed by atoms with E-state index < -0.39 is 10.0 Å². The van der Waals surface area contributed by atoms with Crippen LogP contribution in [-0.2, 0) is 21.2 Å². The molecule has 134 valence electrons. The van der Waals surface area contributed by atoms with E-state index in [0.29, 0.717) is 44.3 Å². The van der Waals surface area contributed by atoms with Gasteiger partial charge in [-0.05, 0) is 0 Å². The number of carbonyl (C=O) groups is 1. The summed E-state index contributed by atoms with van der Waals surface area (Å²) in [6, 6.07) is 9.48. The highest BCUT2D eigenvalue weighted by atomic mass is 32.2. The zero-order valence-corrected chi connectivity index (χ0v) is 14.8. The van der Waals surface area contributed by atoms with Gasteiger partial charge in [-0.25, -0.2) is 8.42 Å². The average molecular weight is 364 g/mol. The molecule has 0 radical (unpaired) electrons. The Bertz CT molecular complexity index is 827. The fourth-order valence-electron chi connectivity index (χ4n) is 2.70. The van der Waals surface area contributed by atoms with Crippen molar-refractivity contribution in [2.45, 2.75) is 12.8 Å². The molecule has 1 amide bonds. The topological polar surface area (TPSA) is 96.6 Å². The van der Waals surface area contributed by atoms with Gasteiger partial charge in [0, 0.05) is 44.6 Å². The molecule has 1 aliphatic rings. The molecule has 3 rings (SSSR count). The number of benzene rings is 1. The Morgan fingerprint density at radius 3 is 2.48 bits per heavy atom. The Morgan fingerprint density at radius 1 is 1.16 bits per heavy atom. The van der Waals surface area contributed by atoms with Crippen LogP contribution in [0, 0.1) is 0 Å². The van der Waals surface area contributed by atoms with Crippen molar-refractivity contribution in [2.75, 3.05) is 32.4 Å². The lowest BCUT2D eigenvalue weighted by Gasteiger charge is -2.33. The first-order valence-electron chi connectivity index (χ1n) is 8.04. The van der Waals surface area contributed by atoms with Crippen LogP contribution in [-0.4, -0.2) is 66.1 Å². The molecule has 0 saturated carbocycles. The van der Waals surface area contributed by atoms with E-state index in [1.807, 2.05) is 30.3 Å². The van der Waals surface area contributed by atoms with Crippen LogP contribution in [0.3, 0.4) is 0 Å². The number of aryl methyl sites for hydroxylation is 1. The van der Waals surface area contributed by atoms with Gasteiger partial charge in [0.1, 0.15) is 0 Å². The third kappa shape index (κ3) is 4.43. The maximum absolute atomic E-state index is 12.3. The average Bonchev–Trinajstić information content (AvgIpc) is 3.09. The van der Waals surface area contributed by atoms with Gasteiger partial charge in [-0.15, -0.1) is 0 Å². The van der Waals surface area contributed by atoms with E-state index in [2.05, 4.69) is 10.1 Å². The Kier molecular flexibility index (Phi) is 5.14. The molecule has 2 heterocycles. The quantitative estimate of drug-likeness (QED) is 0.778. The molecule has 0 bridgehead atoms. The van der Waals surface area contributed by atoms with Crippen molar-refractivity contribution in [3.8, 4) is 11.4 Å². The SMILES string of the molecule is CS(=O)(=O)N1CCN(C(=O)CCc2nc(-c3ccccc3)no2)CC1. The van der Waals surface area contributed by atoms with Gasteiger partial charge in [0.15, 0.2) is 0 Å². The summed E-state index contributed by atoms with van der Waals surface area (Å²) in [4.78, 5) is 18.3. The van der Waals surface area contributed by atoms with E-state index in [9.17, 15) is 13.2 Å². The Morgan fingerprint density at radius 2 is 1.84 bits per heavy atom. The Hall–Kier alpha value is -2.26. The van der Waals surface area contributed by atoms with Gasteiger partial charge in [-0.1, -0.05) is 35.5 Å². The number of rotatable bonds is 5. The zero-order chi connectivity index (χ0) is 17.9. The van der Waals surface area contributed by atoms with Gasteiger partial charge in [0.25, 0.3) is 0 Å². The van der Waals surface area contributed by atoms with Gasteiger partial charge in [0.05, 0.1) is 6.26 Å². The summed E-state index contributed by atoms with van der Waals surface area (Å²) in [5, 5.41) is 3.93. The zero-order valence-electron chi connectivity index (χ0n) is 14.0. The van der Waals surface area contributed by atoms with E-state index in [-0.39, 0.29) is 12.3 Å². The minimum atomic E-state index is -3.19. The van der Waals surface area contributed by atoms with Gasteiger partial charge in [-0.2, -0.15) is 9.29 Å². The van der Waals surface area contributed by atoms with Crippen LogP contribution in [0.25, 0.3) is 11.4 Å². The van der Waals surface area contributed by atoms with Crippen molar-refractivity contribution < 1.29 is 17.7 Å². The fraction of sp³-hybridized carbons (Fsp3) is 0.438. The summed E-state index contributed by atoms with van der Waals surface area (Å²) in [5.74, 6) is 0.888. The molecule has 2 aromatic rings. The van der Waals surface area contributed by atoms with Crippen LogP contribution in [0.2, 0.25) is 0 Å². The molecule has 1 saturated heterocycles. The van der Waals surface area contributed by atoms with E-state index in [4.69, 9.17) is 4.52 Å². The molecule has 8 nitrogen and oxygen atoms in total. The second-order valence-corrected chi connectivity index (χ2v) is 7.90. The van der Waals surface area contributed by atoms with Crippen LogP contribution >= 0.6 is 0 Å². The summed E-state index contributed by atoms with van der Waals surface area (Å²) in [7, 11) is -3.19. The minimum absolute atomic E-state index is 0.0346. The van der Waals surface area contributed by atoms with Crippen molar-refractivity contribution in [3.63, 3.8) is 0 Å². The van der Waals surface area contributed by atoms with Crippen molar-refractivity contribution in [2.24, 2.45) is 0 Å². The Labute approximate surface area is 146 Å². The first-order chi connectivity index (χ1) is 11.9. The first kappa shape index (κ1) is 17.6. The van der Waals surface area contributed by atoms with Crippen LogP contribution in [0.5, 0.6) is 0 Å². The maximum atomic E-state index is 12.3. The molecule has 0 unspecified atom stereocenters. The molecule has 0 spiro atoms. The molecule has 0 N–H and O–H groups in total. The summed E-state index contributed by atoms with van der Waals surface area (Å²) in [6.45, 7) is 1.49. The second-order valence-electron chi connectivity index (χ2n) is 5.92. The molecule has 1 aliphatic heterocycles. The summed E-state index contributed by atoms with van der Waals surface area (Å²) in [6.07, 6.45) is 1.81. The predicted molar refractivity (Wildman–Crippen MR) is 91.1 cm³/mol. The molecule has 1 fully saturated rings. The normalized spacial score (nSPS) is 16.1. The van der Waals surface area contributed by atoms with Crippen LogP contribution in [0.15, 0.2) is 34.9 Å². The van der Waals surface area contributed by atoms with Crippen molar-refractivity contribution in [3.05, 3.63) is 36.2 Å². The number of hydrogen-bond donors (Lipinski definition) is 0. The number of aromatic nitrogens is 2. The van der Waals surface area contributed by atoms with Gasteiger partial charge < -0.3 is 9.42 Å². The van der Waals surface area contributed by atoms with E-state index in [0.717, 1.165) is 5.56 Å². The number of amides is 1. The fourth-order valence-corrected chi connectivity index (χ4v) is 3.53. The molecular formula is C16H20N4O4S. The molecule has 1 aromatic carbocycles. The van der Waals surface area contributed by atoms with E-state index >= 15 is 0 Å². The van der Waals surface area contributed by atoms with Crippen LogP contribution < -0.4 is 0 Å². The maximum Gasteiger partial charge on any atom is 0.227 e. The van der Waals surface area contributed by atoms with Gasteiger partial charge in [-0.3, -0.25) is 4.79 Å².